The molecule has 0 saturated heterocycles. The fourth-order valence-corrected chi connectivity index (χ4v) is 5.73. The summed E-state index contributed by atoms with van der Waals surface area (Å²) >= 11 is 0. The van der Waals surface area contributed by atoms with Gasteiger partial charge < -0.3 is 0 Å². The number of aryl methyl sites for hydroxylation is 1. The van der Waals surface area contributed by atoms with E-state index in [4.69, 9.17) is 0 Å². The van der Waals surface area contributed by atoms with Crippen molar-refractivity contribution >= 4 is 11.4 Å². The Bertz CT molecular complexity index is 1610. The van der Waals surface area contributed by atoms with Crippen molar-refractivity contribution < 1.29 is 8.78 Å². The van der Waals surface area contributed by atoms with E-state index in [1.54, 1.807) is 12.1 Å². The molecule has 33 heavy (non-hydrogen) atoms. The predicted molar refractivity (Wildman–Crippen MR) is 129 cm³/mol. The first-order valence-electron chi connectivity index (χ1n) is 11.6. The van der Waals surface area contributed by atoms with Gasteiger partial charge >= 0.3 is 0 Å². The molecule has 0 N–H and O–H groups in total. The molecule has 2 heteroatoms. The fraction of sp³-hybridized carbons (Fsp3) is 0.161. The third-order valence-electron chi connectivity index (χ3n) is 7.23. The van der Waals surface area contributed by atoms with E-state index in [1.807, 2.05) is 24.3 Å². The van der Waals surface area contributed by atoms with Gasteiger partial charge in [-0.1, -0.05) is 72.8 Å². The van der Waals surface area contributed by atoms with Crippen LogP contribution in [0.5, 0.6) is 0 Å². The zero-order chi connectivity index (χ0) is 22.5. The minimum absolute atomic E-state index is 0.152. The highest BCUT2D eigenvalue weighted by atomic mass is 19.1. The lowest BCUT2D eigenvalue weighted by Crippen LogP contribution is -2.27. The summed E-state index contributed by atoms with van der Waals surface area (Å²) in [6, 6.07) is 26.9. The summed E-state index contributed by atoms with van der Waals surface area (Å²) in [4.78, 5) is 0. The van der Waals surface area contributed by atoms with E-state index in [0.29, 0.717) is 5.22 Å². The first-order valence-corrected chi connectivity index (χ1v) is 11.6. The number of halogens is 2. The van der Waals surface area contributed by atoms with Crippen molar-refractivity contribution in [3.05, 3.63) is 139 Å². The van der Waals surface area contributed by atoms with E-state index in [2.05, 4.69) is 43.3 Å². The number of fused-ring (bicyclic) bond motifs is 4. The molecule has 2 aliphatic carbocycles. The van der Waals surface area contributed by atoms with Gasteiger partial charge in [0.05, 0.1) is 5.92 Å². The molecule has 0 radical (unpaired) electrons. The second-order valence-electron chi connectivity index (χ2n) is 9.08. The van der Waals surface area contributed by atoms with Crippen molar-refractivity contribution in [3.8, 4) is 0 Å². The summed E-state index contributed by atoms with van der Waals surface area (Å²) in [5.41, 5.74) is 6.95. The molecular formula is C31H24F2. The Balaban J connectivity index is 1.77. The van der Waals surface area contributed by atoms with Gasteiger partial charge in [0.2, 0.25) is 0 Å². The molecule has 0 amide bonds. The van der Waals surface area contributed by atoms with E-state index >= 15 is 4.39 Å². The van der Waals surface area contributed by atoms with E-state index < -0.39 is 5.92 Å². The Labute approximate surface area is 191 Å². The molecule has 0 spiro atoms. The monoisotopic (exact) mass is 434 g/mol. The van der Waals surface area contributed by atoms with Gasteiger partial charge in [-0.25, -0.2) is 8.78 Å². The van der Waals surface area contributed by atoms with Gasteiger partial charge in [0.1, 0.15) is 11.6 Å². The number of rotatable bonds is 2. The average molecular weight is 435 g/mol. The first-order chi connectivity index (χ1) is 16.1. The lowest BCUT2D eigenvalue weighted by atomic mass is 9.77. The highest BCUT2D eigenvalue weighted by Gasteiger charge is 2.29. The topological polar surface area (TPSA) is 0 Å². The van der Waals surface area contributed by atoms with Gasteiger partial charge in [0.15, 0.2) is 0 Å². The lowest BCUT2D eigenvalue weighted by Gasteiger charge is -2.27. The highest BCUT2D eigenvalue weighted by Crippen LogP contribution is 2.39. The summed E-state index contributed by atoms with van der Waals surface area (Å²) in [6.45, 7) is 2.15. The predicted octanol–water partition coefficient (Wildman–Crippen LogP) is 6.18. The smallest absolute Gasteiger partial charge is 0.123 e. The van der Waals surface area contributed by atoms with Gasteiger partial charge in [0, 0.05) is 5.22 Å². The van der Waals surface area contributed by atoms with Crippen LogP contribution in [0.4, 0.5) is 8.78 Å². The SMILES string of the molecule is Cc1ccccc1C1=c2ccc3c(c2CCC1)C(c1ccc(F)cc1)C(F)=c1ccccc1=3. The standard InChI is InChI=1S/C31H24F2/c1-19-7-2-3-8-22(19)23-11-6-12-26-25(23)17-18-27-24-9-4-5-10-28(24)31(33)29(30(26)27)20-13-15-21(32)16-14-20/h2-5,7-10,13-18,29H,6,11-12H2,1H3. The maximum Gasteiger partial charge on any atom is 0.123 e. The minimum atomic E-state index is -0.526. The van der Waals surface area contributed by atoms with Crippen molar-refractivity contribution in [2.24, 2.45) is 0 Å². The van der Waals surface area contributed by atoms with Crippen LogP contribution in [-0.2, 0) is 6.42 Å². The molecule has 0 bridgehead atoms. The van der Waals surface area contributed by atoms with Gasteiger partial charge in [-0.15, -0.1) is 0 Å². The van der Waals surface area contributed by atoms with E-state index in [-0.39, 0.29) is 11.6 Å². The van der Waals surface area contributed by atoms with Crippen LogP contribution in [0.1, 0.15) is 46.6 Å². The van der Waals surface area contributed by atoms with E-state index in [1.165, 1.54) is 39.6 Å². The zero-order valence-electron chi connectivity index (χ0n) is 18.5. The Hall–Kier alpha value is -3.52. The molecule has 1 atom stereocenters. The first kappa shape index (κ1) is 20.1. The molecule has 6 rings (SSSR count). The molecule has 0 fully saturated rings. The number of benzene rings is 4. The van der Waals surface area contributed by atoms with Crippen LogP contribution in [0, 0.1) is 23.2 Å². The molecule has 0 aromatic heterocycles. The average Bonchev–Trinajstić information content (AvgIpc) is 2.85. The normalized spacial score (nSPS) is 16.8. The Morgan fingerprint density at radius 3 is 2.15 bits per heavy atom. The van der Waals surface area contributed by atoms with Crippen LogP contribution in [0.25, 0.3) is 11.4 Å². The molecule has 0 aliphatic heterocycles. The largest absolute Gasteiger partial charge is 0.210 e. The summed E-state index contributed by atoms with van der Waals surface area (Å²) in [7, 11) is 0. The van der Waals surface area contributed by atoms with E-state index in [9.17, 15) is 4.39 Å². The quantitative estimate of drug-likeness (QED) is 0.353. The fourth-order valence-electron chi connectivity index (χ4n) is 5.73. The van der Waals surface area contributed by atoms with Crippen LogP contribution in [0.2, 0.25) is 0 Å². The van der Waals surface area contributed by atoms with Crippen molar-refractivity contribution in [2.45, 2.75) is 32.1 Å². The molecule has 0 nitrogen and oxygen atoms in total. The van der Waals surface area contributed by atoms with Gasteiger partial charge in [-0.2, -0.15) is 0 Å². The highest BCUT2D eigenvalue weighted by molar-refractivity contribution is 5.71. The molecule has 4 aromatic rings. The molecule has 1 unspecified atom stereocenters. The summed E-state index contributed by atoms with van der Waals surface area (Å²) in [5, 5.41) is 3.90. The molecule has 162 valence electrons. The second-order valence-corrected chi connectivity index (χ2v) is 9.08. The third kappa shape index (κ3) is 3.16. The lowest BCUT2D eigenvalue weighted by molar-refractivity contribution is 0.625. The second kappa shape index (κ2) is 7.81. The van der Waals surface area contributed by atoms with Crippen molar-refractivity contribution in [3.63, 3.8) is 0 Å². The third-order valence-corrected chi connectivity index (χ3v) is 7.23. The van der Waals surface area contributed by atoms with Crippen LogP contribution in [-0.4, -0.2) is 0 Å². The molecule has 0 heterocycles. The Kier molecular flexibility index (Phi) is 4.76. The van der Waals surface area contributed by atoms with Crippen LogP contribution >= 0.6 is 0 Å². The maximum absolute atomic E-state index is 16.2. The van der Waals surface area contributed by atoms with Crippen LogP contribution < -0.4 is 10.4 Å². The summed E-state index contributed by atoms with van der Waals surface area (Å²) in [5.74, 6) is -0.983. The van der Waals surface area contributed by atoms with E-state index in [0.717, 1.165) is 40.8 Å². The van der Waals surface area contributed by atoms with Gasteiger partial charge in [0.25, 0.3) is 0 Å². The molecular weight excluding hydrogens is 410 g/mol. The summed E-state index contributed by atoms with van der Waals surface area (Å²) < 4.78 is 29.9. The molecule has 0 saturated carbocycles. The Morgan fingerprint density at radius 1 is 0.667 bits per heavy atom. The van der Waals surface area contributed by atoms with Crippen molar-refractivity contribution in [1.82, 2.24) is 0 Å². The minimum Gasteiger partial charge on any atom is -0.210 e. The number of hydrogen-bond donors (Lipinski definition) is 0. The Morgan fingerprint density at radius 2 is 1.36 bits per heavy atom. The number of hydrogen-bond acceptors (Lipinski definition) is 0. The van der Waals surface area contributed by atoms with Gasteiger partial charge in [-0.05, 0) is 87.4 Å². The van der Waals surface area contributed by atoms with Crippen molar-refractivity contribution in [1.29, 1.82) is 0 Å². The van der Waals surface area contributed by atoms with Crippen LogP contribution in [0.3, 0.4) is 0 Å². The van der Waals surface area contributed by atoms with Crippen LogP contribution in [0.15, 0.2) is 84.9 Å². The zero-order valence-corrected chi connectivity index (χ0v) is 18.5. The van der Waals surface area contributed by atoms with Gasteiger partial charge in [-0.3, -0.25) is 0 Å². The molecule has 4 aromatic carbocycles. The maximum atomic E-state index is 16.2. The summed E-state index contributed by atoms with van der Waals surface area (Å²) in [6.07, 6.45) is 2.97. The molecule has 2 aliphatic rings. The van der Waals surface area contributed by atoms with Crippen molar-refractivity contribution in [2.75, 3.05) is 0 Å².